The van der Waals surface area contributed by atoms with E-state index in [2.05, 4.69) is 48.8 Å². The summed E-state index contributed by atoms with van der Waals surface area (Å²) in [4.78, 5) is 13.9. The number of nitriles is 1. The Balaban J connectivity index is 1.47. The number of ether oxygens (including phenoxy) is 2. The van der Waals surface area contributed by atoms with E-state index in [0.717, 1.165) is 12.8 Å². The molecule has 36 heavy (non-hydrogen) atoms. The second kappa shape index (κ2) is 10.4. The Morgan fingerprint density at radius 3 is 2.44 bits per heavy atom. The third-order valence-corrected chi connectivity index (χ3v) is 6.76. The van der Waals surface area contributed by atoms with Gasteiger partial charge in [-0.1, -0.05) is 23.7 Å². The van der Waals surface area contributed by atoms with Crippen molar-refractivity contribution in [1.82, 2.24) is 15.0 Å². The molecule has 0 saturated carbocycles. The van der Waals surface area contributed by atoms with Crippen LogP contribution in [0.25, 0.3) is 11.3 Å². The van der Waals surface area contributed by atoms with Crippen LogP contribution in [0.4, 0.5) is 0 Å². The highest BCUT2D eigenvalue weighted by Crippen LogP contribution is 2.42. The lowest BCUT2D eigenvalue weighted by atomic mass is 9.75. The quantitative estimate of drug-likeness (QED) is 0.354. The predicted octanol–water partition coefficient (Wildman–Crippen LogP) is 6.67. The third-order valence-electron chi connectivity index (χ3n) is 6.46. The first-order chi connectivity index (χ1) is 17.1. The zero-order valence-electron chi connectivity index (χ0n) is 21.3. The summed E-state index contributed by atoms with van der Waals surface area (Å²) in [5, 5.41) is 12.3. The molecule has 2 heterocycles. The second-order valence-electron chi connectivity index (χ2n) is 10.3. The molecule has 1 fully saturated rings. The molecule has 0 aliphatic carbocycles. The average molecular weight is 507 g/mol. The molecule has 7 nitrogen and oxygen atoms in total. The summed E-state index contributed by atoms with van der Waals surface area (Å²) in [5.74, 6) is 1.89. The Morgan fingerprint density at radius 1 is 1.08 bits per heavy atom. The van der Waals surface area contributed by atoms with E-state index in [-0.39, 0.29) is 11.1 Å². The number of nitrogens with zero attached hydrogens (tertiary/aromatic N) is 4. The SMILES string of the molecule is CON1C(C)(C)CC(COc2ccc(Oc3cccc(-c4ccncn4)c3C#N)c(Cl)c2)CC1(C)C. The Hall–Kier alpha value is -3.18. The number of rotatable bonds is 7. The standard InChI is InChI=1S/C28H31ClN4O3/c1-27(2)14-19(15-28(3,4)33(27)34-5)17-35-20-9-10-26(23(29)13-20)36-25-8-6-7-21(22(25)16-30)24-11-12-31-18-32-24/h6-13,18-19H,14-15,17H2,1-5H3. The normalized spacial score (nSPS) is 17.4. The Labute approximate surface area is 217 Å². The van der Waals surface area contributed by atoms with Crippen molar-refractivity contribution in [2.45, 2.75) is 51.6 Å². The Kier molecular flexibility index (Phi) is 7.51. The van der Waals surface area contributed by atoms with E-state index in [9.17, 15) is 5.26 Å². The molecule has 1 aliphatic heterocycles. The van der Waals surface area contributed by atoms with E-state index in [1.165, 1.54) is 6.33 Å². The lowest BCUT2D eigenvalue weighted by Crippen LogP contribution is -2.60. The molecule has 0 unspecified atom stereocenters. The first kappa shape index (κ1) is 25.9. The molecule has 188 valence electrons. The molecule has 0 bridgehead atoms. The molecule has 4 rings (SSSR count). The average Bonchev–Trinajstić information content (AvgIpc) is 2.83. The van der Waals surface area contributed by atoms with Crippen molar-refractivity contribution >= 4 is 11.6 Å². The second-order valence-corrected chi connectivity index (χ2v) is 10.7. The molecule has 3 aromatic rings. The number of hydrogen-bond donors (Lipinski definition) is 0. The summed E-state index contributed by atoms with van der Waals surface area (Å²) in [6.07, 6.45) is 5.00. The minimum Gasteiger partial charge on any atom is -0.493 e. The molecule has 0 amide bonds. The van der Waals surface area contributed by atoms with Crippen LogP contribution in [0.15, 0.2) is 55.0 Å². The van der Waals surface area contributed by atoms with E-state index in [1.54, 1.807) is 37.6 Å². The smallest absolute Gasteiger partial charge is 0.146 e. The maximum Gasteiger partial charge on any atom is 0.146 e. The molecular formula is C28H31ClN4O3. The van der Waals surface area contributed by atoms with Gasteiger partial charge in [0.05, 0.1) is 24.4 Å². The van der Waals surface area contributed by atoms with Gasteiger partial charge < -0.3 is 14.3 Å². The summed E-state index contributed by atoms with van der Waals surface area (Å²) in [6, 6.07) is 14.7. The minimum atomic E-state index is -0.0986. The number of aromatic nitrogens is 2. The lowest BCUT2D eigenvalue weighted by Gasteiger charge is -2.53. The van der Waals surface area contributed by atoms with Gasteiger partial charge in [0, 0.05) is 28.9 Å². The van der Waals surface area contributed by atoms with Crippen LogP contribution in [-0.4, -0.2) is 39.8 Å². The van der Waals surface area contributed by atoms with Crippen molar-refractivity contribution in [1.29, 1.82) is 5.26 Å². The molecule has 1 aromatic heterocycles. The molecule has 0 N–H and O–H groups in total. The van der Waals surface area contributed by atoms with E-state index in [0.29, 0.717) is 51.6 Å². The van der Waals surface area contributed by atoms with Gasteiger partial charge in [0.1, 0.15) is 35.2 Å². The van der Waals surface area contributed by atoms with Crippen LogP contribution in [0.3, 0.4) is 0 Å². The van der Waals surface area contributed by atoms with Crippen LogP contribution in [0.1, 0.15) is 46.1 Å². The Bertz CT molecular complexity index is 1240. The largest absolute Gasteiger partial charge is 0.493 e. The summed E-state index contributed by atoms with van der Waals surface area (Å²) >= 11 is 6.55. The van der Waals surface area contributed by atoms with Gasteiger partial charge >= 0.3 is 0 Å². The monoisotopic (exact) mass is 506 g/mol. The molecule has 8 heteroatoms. The maximum atomic E-state index is 9.81. The highest BCUT2D eigenvalue weighted by Gasteiger charge is 2.46. The number of hydrogen-bond acceptors (Lipinski definition) is 7. The number of halogens is 1. The van der Waals surface area contributed by atoms with Crippen LogP contribution < -0.4 is 9.47 Å². The number of piperidine rings is 1. The van der Waals surface area contributed by atoms with Gasteiger partial charge in [0.25, 0.3) is 0 Å². The van der Waals surface area contributed by atoms with Crippen molar-refractivity contribution in [3.05, 3.63) is 65.6 Å². The van der Waals surface area contributed by atoms with Gasteiger partial charge in [-0.05, 0) is 70.7 Å². The first-order valence-electron chi connectivity index (χ1n) is 11.9. The fraction of sp³-hybridized carbons (Fsp3) is 0.393. The molecule has 1 saturated heterocycles. The van der Waals surface area contributed by atoms with Crippen LogP contribution >= 0.6 is 11.6 Å². The molecule has 0 atom stereocenters. The highest BCUT2D eigenvalue weighted by molar-refractivity contribution is 6.32. The van der Waals surface area contributed by atoms with E-state index < -0.39 is 0 Å². The van der Waals surface area contributed by atoms with Gasteiger partial charge in [0.15, 0.2) is 0 Å². The third kappa shape index (κ3) is 5.46. The van der Waals surface area contributed by atoms with Gasteiger partial charge in [-0.3, -0.25) is 0 Å². The van der Waals surface area contributed by atoms with Crippen molar-refractivity contribution < 1.29 is 14.3 Å². The lowest BCUT2D eigenvalue weighted by molar-refractivity contribution is -0.272. The first-order valence-corrected chi connectivity index (χ1v) is 12.3. The van der Waals surface area contributed by atoms with E-state index in [1.807, 2.05) is 18.2 Å². The number of benzene rings is 2. The number of hydroxylamine groups is 2. The van der Waals surface area contributed by atoms with Crippen LogP contribution in [0, 0.1) is 17.2 Å². The fourth-order valence-electron chi connectivity index (χ4n) is 5.46. The summed E-state index contributed by atoms with van der Waals surface area (Å²) < 4.78 is 12.2. The molecular weight excluding hydrogens is 476 g/mol. The van der Waals surface area contributed by atoms with Crippen LogP contribution in [0.5, 0.6) is 17.2 Å². The highest BCUT2D eigenvalue weighted by atomic mass is 35.5. The summed E-state index contributed by atoms with van der Waals surface area (Å²) in [6.45, 7) is 9.37. The van der Waals surface area contributed by atoms with Crippen LogP contribution in [-0.2, 0) is 4.84 Å². The van der Waals surface area contributed by atoms with Crippen molar-refractivity contribution in [3.8, 4) is 34.6 Å². The van der Waals surface area contributed by atoms with Gasteiger partial charge in [-0.25, -0.2) is 9.97 Å². The van der Waals surface area contributed by atoms with E-state index >= 15 is 0 Å². The zero-order valence-corrected chi connectivity index (χ0v) is 22.0. The minimum absolute atomic E-state index is 0.0986. The fourth-order valence-corrected chi connectivity index (χ4v) is 5.67. The van der Waals surface area contributed by atoms with Gasteiger partial charge in [-0.15, -0.1) is 0 Å². The van der Waals surface area contributed by atoms with Crippen LogP contribution in [0.2, 0.25) is 5.02 Å². The van der Waals surface area contributed by atoms with E-state index in [4.69, 9.17) is 25.9 Å². The molecule has 1 aliphatic rings. The summed E-state index contributed by atoms with van der Waals surface area (Å²) in [5.41, 5.74) is 1.49. The van der Waals surface area contributed by atoms with Crippen molar-refractivity contribution in [2.24, 2.45) is 5.92 Å². The van der Waals surface area contributed by atoms with Gasteiger partial charge in [-0.2, -0.15) is 10.3 Å². The molecule has 2 aromatic carbocycles. The topological polar surface area (TPSA) is 80.5 Å². The molecule has 0 spiro atoms. The van der Waals surface area contributed by atoms with Crippen molar-refractivity contribution in [2.75, 3.05) is 13.7 Å². The van der Waals surface area contributed by atoms with Crippen molar-refractivity contribution in [3.63, 3.8) is 0 Å². The van der Waals surface area contributed by atoms with Gasteiger partial charge in [0.2, 0.25) is 0 Å². The Morgan fingerprint density at radius 2 is 1.83 bits per heavy atom. The zero-order chi connectivity index (χ0) is 25.9. The maximum absolute atomic E-state index is 9.81. The molecule has 0 radical (unpaired) electrons. The predicted molar refractivity (Wildman–Crippen MR) is 139 cm³/mol. The summed E-state index contributed by atoms with van der Waals surface area (Å²) in [7, 11) is 1.73.